The van der Waals surface area contributed by atoms with Gasteiger partial charge in [0.1, 0.15) is 5.82 Å². The monoisotopic (exact) mass is 397 g/mol. The largest absolute Gasteiger partial charge is 0.353 e. The maximum absolute atomic E-state index is 14.2. The molecule has 0 unspecified atom stereocenters. The molecular weight excluding hydrogens is 373 g/mol. The first kappa shape index (κ1) is 19.4. The quantitative estimate of drug-likeness (QED) is 0.858. The normalized spacial score (nSPS) is 16.6. The molecule has 6 nitrogen and oxygen atoms in total. The number of rotatable bonds is 4. The summed E-state index contributed by atoms with van der Waals surface area (Å²) in [6.07, 6.45) is 2.03. The zero-order chi connectivity index (χ0) is 20.5. The van der Waals surface area contributed by atoms with Crippen molar-refractivity contribution in [3.8, 4) is 0 Å². The summed E-state index contributed by atoms with van der Waals surface area (Å²) in [6, 6.07) is 6.61. The lowest BCUT2D eigenvalue weighted by atomic mass is 9.92. The molecule has 0 radical (unpaired) electrons. The van der Waals surface area contributed by atoms with Gasteiger partial charge in [-0.2, -0.15) is 0 Å². The van der Waals surface area contributed by atoms with E-state index in [1.165, 1.54) is 11.0 Å². The molecule has 1 aliphatic heterocycles. The molecule has 0 bridgehead atoms. The first-order chi connectivity index (χ1) is 14.0. The topological polar surface area (TPSA) is 71.4 Å². The number of Topliss-reactive ketones (excluding diaryl/α,β-unsaturated/α-hetero) is 1. The SMILES string of the molecule is Cc1c(CC(=O)N2CCNC(=O)C2)c2c(n1Cc1ccccc1F)CCCC2=O. The predicted octanol–water partition coefficient (Wildman–Crippen LogP) is 2.00. The summed E-state index contributed by atoms with van der Waals surface area (Å²) in [5, 5.41) is 2.71. The number of halogens is 1. The Morgan fingerprint density at radius 1 is 1.21 bits per heavy atom. The molecule has 29 heavy (non-hydrogen) atoms. The van der Waals surface area contributed by atoms with Crippen LogP contribution in [0.2, 0.25) is 0 Å². The van der Waals surface area contributed by atoms with Crippen LogP contribution >= 0.6 is 0 Å². The maximum Gasteiger partial charge on any atom is 0.239 e. The van der Waals surface area contributed by atoms with Crippen molar-refractivity contribution in [3.63, 3.8) is 0 Å². The van der Waals surface area contributed by atoms with E-state index in [-0.39, 0.29) is 36.4 Å². The Morgan fingerprint density at radius 2 is 2.00 bits per heavy atom. The van der Waals surface area contributed by atoms with Gasteiger partial charge in [0.05, 0.1) is 19.5 Å². The summed E-state index contributed by atoms with van der Waals surface area (Å²) in [5.41, 5.74) is 3.61. The number of fused-ring (bicyclic) bond motifs is 1. The molecule has 7 heteroatoms. The van der Waals surface area contributed by atoms with Crippen LogP contribution in [0.3, 0.4) is 0 Å². The summed E-state index contributed by atoms with van der Waals surface area (Å²) in [4.78, 5) is 38.7. The molecule has 0 atom stereocenters. The molecule has 0 spiro atoms. The minimum Gasteiger partial charge on any atom is -0.353 e. The number of hydrogen-bond donors (Lipinski definition) is 1. The van der Waals surface area contributed by atoms with Crippen molar-refractivity contribution in [2.45, 2.75) is 39.2 Å². The fourth-order valence-electron chi connectivity index (χ4n) is 4.33. The lowest BCUT2D eigenvalue weighted by Gasteiger charge is -2.27. The average Bonchev–Trinajstić information content (AvgIpc) is 2.96. The van der Waals surface area contributed by atoms with Gasteiger partial charge in [-0.1, -0.05) is 18.2 Å². The molecule has 1 N–H and O–H groups in total. The second-order valence-corrected chi connectivity index (χ2v) is 7.68. The van der Waals surface area contributed by atoms with Crippen LogP contribution in [0.15, 0.2) is 24.3 Å². The summed E-state index contributed by atoms with van der Waals surface area (Å²) in [7, 11) is 0. The van der Waals surface area contributed by atoms with E-state index >= 15 is 0 Å². The minimum absolute atomic E-state index is 0.0424. The standard InChI is InChI=1S/C22H24FN3O3/c1-14-16(11-21(29)25-10-9-24-20(28)13-25)22-18(7-4-8-19(22)27)26(14)12-15-5-2-3-6-17(15)23/h2-3,5-6H,4,7-13H2,1H3,(H,24,28). The Balaban J connectivity index is 1.69. The van der Waals surface area contributed by atoms with Crippen LogP contribution in [-0.2, 0) is 29.0 Å². The Kier molecular flexibility index (Phi) is 5.22. The van der Waals surface area contributed by atoms with E-state index < -0.39 is 0 Å². The fraction of sp³-hybridized carbons (Fsp3) is 0.409. The number of amides is 2. The van der Waals surface area contributed by atoms with Crippen LogP contribution in [0, 0.1) is 12.7 Å². The van der Waals surface area contributed by atoms with Gasteiger partial charge in [0.15, 0.2) is 5.78 Å². The van der Waals surface area contributed by atoms with Crippen LogP contribution in [0.5, 0.6) is 0 Å². The number of nitrogens with one attached hydrogen (secondary N) is 1. The van der Waals surface area contributed by atoms with Crippen molar-refractivity contribution in [3.05, 3.63) is 58.2 Å². The Bertz CT molecular complexity index is 995. The molecule has 1 saturated heterocycles. The molecule has 1 fully saturated rings. The predicted molar refractivity (Wildman–Crippen MR) is 105 cm³/mol. The second-order valence-electron chi connectivity index (χ2n) is 7.68. The van der Waals surface area contributed by atoms with E-state index in [1.54, 1.807) is 18.2 Å². The molecule has 4 rings (SSSR count). The number of nitrogens with zero attached hydrogens (tertiary/aromatic N) is 2. The van der Waals surface area contributed by atoms with E-state index in [0.29, 0.717) is 37.2 Å². The first-order valence-electron chi connectivity index (χ1n) is 9.97. The van der Waals surface area contributed by atoms with Gasteiger partial charge in [0.2, 0.25) is 11.8 Å². The maximum atomic E-state index is 14.2. The van der Waals surface area contributed by atoms with Crippen molar-refractivity contribution in [2.24, 2.45) is 0 Å². The van der Waals surface area contributed by atoms with Gasteiger partial charge in [0.25, 0.3) is 0 Å². The van der Waals surface area contributed by atoms with Crippen LogP contribution in [0.25, 0.3) is 0 Å². The molecule has 1 aromatic carbocycles. The third kappa shape index (κ3) is 3.69. The number of hydrogen-bond acceptors (Lipinski definition) is 3. The van der Waals surface area contributed by atoms with Gasteiger partial charge >= 0.3 is 0 Å². The van der Waals surface area contributed by atoms with Crippen molar-refractivity contribution >= 4 is 17.6 Å². The van der Waals surface area contributed by atoms with Crippen molar-refractivity contribution in [1.82, 2.24) is 14.8 Å². The van der Waals surface area contributed by atoms with Gasteiger partial charge in [-0.05, 0) is 31.4 Å². The van der Waals surface area contributed by atoms with Crippen LogP contribution in [0.4, 0.5) is 4.39 Å². The van der Waals surface area contributed by atoms with Crippen LogP contribution < -0.4 is 5.32 Å². The number of carbonyl (C=O) groups is 3. The number of carbonyl (C=O) groups excluding carboxylic acids is 3. The zero-order valence-corrected chi connectivity index (χ0v) is 16.5. The van der Waals surface area contributed by atoms with Gasteiger partial charge in [0, 0.05) is 42.0 Å². The molecule has 2 heterocycles. The number of aromatic nitrogens is 1. The van der Waals surface area contributed by atoms with Crippen LogP contribution in [0.1, 0.15) is 45.7 Å². The molecule has 152 valence electrons. The van der Waals surface area contributed by atoms with Crippen molar-refractivity contribution in [2.75, 3.05) is 19.6 Å². The molecule has 0 saturated carbocycles. The molecule has 1 aliphatic carbocycles. The summed E-state index contributed by atoms with van der Waals surface area (Å²) < 4.78 is 16.2. The lowest BCUT2D eigenvalue weighted by molar-refractivity contribution is -0.137. The zero-order valence-electron chi connectivity index (χ0n) is 16.5. The lowest BCUT2D eigenvalue weighted by Crippen LogP contribution is -2.50. The Morgan fingerprint density at radius 3 is 2.76 bits per heavy atom. The average molecular weight is 397 g/mol. The molecular formula is C22H24FN3O3. The summed E-state index contributed by atoms with van der Waals surface area (Å²) >= 11 is 0. The molecule has 2 aliphatic rings. The van der Waals surface area contributed by atoms with Gasteiger partial charge in [-0.15, -0.1) is 0 Å². The van der Waals surface area contributed by atoms with E-state index in [1.807, 2.05) is 11.5 Å². The fourth-order valence-corrected chi connectivity index (χ4v) is 4.33. The third-order valence-corrected chi connectivity index (χ3v) is 5.86. The van der Waals surface area contributed by atoms with Crippen molar-refractivity contribution in [1.29, 1.82) is 0 Å². The number of ketones is 1. The van der Waals surface area contributed by atoms with Gasteiger partial charge < -0.3 is 14.8 Å². The van der Waals surface area contributed by atoms with E-state index in [2.05, 4.69) is 5.32 Å². The van der Waals surface area contributed by atoms with Gasteiger partial charge in [-0.25, -0.2) is 4.39 Å². The Labute approximate surface area is 168 Å². The summed E-state index contributed by atoms with van der Waals surface area (Å²) in [6.45, 7) is 3.17. The number of benzene rings is 1. The molecule has 1 aromatic heterocycles. The van der Waals surface area contributed by atoms with Gasteiger partial charge in [-0.3, -0.25) is 14.4 Å². The van der Waals surface area contributed by atoms with E-state index in [0.717, 1.165) is 29.8 Å². The highest BCUT2D eigenvalue weighted by Crippen LogP contribution is 2.31. The first-order valence-corrected chi connectivity index (χ1v) is 9.97. The highest BCUT2D eigenvalue weighted by Gasteiger charge is 2.31. The van der Waals surface area contributed by atoms with E-state index in [4.69, 9.17) is 0 Å². The number of piperazine rings is 1. The highest BCUT2D eigenvalue weighted by molar-refractivity contribution is 6.01. The Hall–Kier alpha value is -2.96. The second kappa shape index (κ2) is 7.81. The summed E-state index contributed by atoms with van der Waals surface area (Å²) in [5.74, 6) is -0.571. The molecule has 2 amide bonds. The smallest absolute Gasteiger partial charge is 0.239 e. The van der Waals surface area contributed by atoms with Crippen LogP contribution in [-0.4, -0.2) is 46.7 Å². The molecule has 2 aromatic rings. The highest BCUT2D eigenvalue weighted by atomic mass is 19.1. The third-order valence-electron chi connectivity index (χ3n) is 5.86. The van der Waals surface area contributed by atoms with E-state index in [9.17, 15) is 18.8 Å². The minimum atomic E-state index is -0.284. The van der Waals surface area contributed by atoms with Crippen molar-refractivity contribution < 1.29 is 18.8 Å².